The van der Waals surface area contributed by atoms with E-state index >= 15 is 0 Å². The summed E-state index contributed by atoms with van der Waals surface area (Å²) in [6, 6.07) is 15.4. The van der Waals surface area contributed by atoms with Crippen molar-refractivity contribution in [1.82, 2.24) is 0 Å². The predicted octanol–water partition coefficient (Wildman–Crippen LogP) is 5.07. The molecule has 0 aliphatic rings. The fraction of sp³-hybridized carbons (Fsp3) is 0.158. The van der Waals surface area contributed by atoms with Gasteiger partial charge in [0.2, 0.25) is 5.06 Å². The van der Waals surface area contributed by atoms with Crippen molar-refractivity contribution in [2.24, 2.45) is 0 Å². The van der Waals surface area contributed by atoms with Crippen molar-refractivity contribution in [2.45, 2.75) is 4.21 Å². The van der Waals surface area contributed by atoms with Crippen LogP contribution in [-0.4, -0.2) is 29.6 Å². The first kappa shape index (κ1) is 20.3. The van der Waals surface area contributed by atoms with E-state index < -0.39 is 10.0 Å². The highest BCUT2D eigenvalue weighted by Gasteiger charge is 2.21. The number of anilines is 2. The monoisotopic (exact) mass is 438 g/mol. The van der Waals surface area contributed by atoms with E-state index in [1.54, 1.807) is 37.4 Å². The second-order valence-electron chi connectivity index (χ2n) is 6.03. The van der Waals surface area contributed by atoms with E-state index in [1.807, 2.05) is 37.2 Å². The summed E-state index contributed by atoms with van der Waals surface area (Å²) in [5.41, 5.74) is 1.38. The molecule has 0 unspecified atom stereocenters. The number of methoxy groups -OCH3 is 1. The lowest BCUT2D eigenvalue weighted by atomic mass is 10.3. The largest absolute Gasteiger partial charge is 0.497 e. The third-order valence-corrected chi connectivity index (χ3v) is 7.05. The normalized spacial score (nSPS) is 11.1. The van der Waals surface area contributed by atoms with Crippen LogP contribution in [-0.2, 0) is 10.0 Å². The van der Waals surface area contributed by atoms with E-state index in [9.17, 15) is 8.42 Å². The smallest absolute Gasteiger partial charge is 0.271 e. The number of rotatable bonds is 7. The van der Waals surface area contributed by atoms with Crippen LogP contribution in [0.15, 0.2) is 58.8 Å². The molecule has 3 rings (SSSR count). The van der Waals surface area contributed by atoms with Crippen molar-refractivity contribution >= 4 is 44.3 Å². The fourth-order valence-corrected chi connectivity index (χ4v) is 4.99. The van der Waals surface area contributed by atoms with Crippen molar-refractivity contribution in [3.05, 3.63) is 59.6 Å². The van der Waals surface area contributed by atoms with Crippen LogP contribution < -0.4 is 19.1 Å². The molecule has 1 heterocycles. The molecular formula is C19H19ClN2O4S2. The first-order chi connectivity index (χ1) is 13.3. The zero-order chi connectivity index (χ0) is 20.3. The average molecular weight is 439 g/mol. The molecular weight excluding hydrogens is 420 g/mol. The van der Waals surface area contributed by atoms with Crippen LogP contribution in [0, 0.1) is 0 Å². The second-order valence-corrected chi connectivity index (χ2v) is 9.36. The number of sulfonamides is 1. The molecule has 9 heteroatoms. The number of hydrogen-bond donors (Lipinski definition) is 1. The molecule has 0 fully saturated rings. The van der Waals surface area contributed by atoms with Gasteiger partial charge in [0.25, 0.3) is 10.0 Å². The summed E-state index contributed by atoms with van der Waals surface area (Å²) >= 11 is 7.17. The van der Waals surface area contributed by atoms with E-state index in [4.69, 9.17) is 21.1 Å². The van der Waals surface area contributed by atoms with Gasteiger partial charge >= 0.3 is 0 Å². The minimum absolute atomic E-state index is 0.0621. The lowest BCUT2D eigenvalue weighted by molar-refractivity contribution is 0.415. The van der Waals surface area contributed by atoms with Crippen molar-refractivity contribution < 1.29 is 17.9 Å². The van der Waals surface area contributed by atoms with Crippen LogP contribution in [0.3, 0.4) is 0 Å². The Hall–Kier alpha value is -2.42. The van der Waals surface area contributed by atoms with Gasteiger partial charge in [0.05, 0.1) is 12.1 Å². The van der Waals surface area contributed by atoms with Gasteiger partial charge in [0, 0.05) is 31.5 Å². The van der Waals surface area contributed by atoms with E-state index in [-0.39, 0.29) is 9.23 Å². The van der Waals surface area contributed by atoms with Gasteiger partial charge in [0.1, 0.15) is 15.7 Å². The van der Waals surface area contributed by atoms with Gasteiger partial charge in [0.15, 0.2) is 0 Å². The number of benzene rings is 2. The van der Waals surface area contributed by atoms with E-state index in [0.717, 1.165) is 17.0 Å². The van der Waals surface area contributed by atoms with Gasteiger partial charge in [-0.15, -0.1) is 0 Å². The third kappa shape index (κ3) is 4.70. The van der Waals surface area contributed by atoms with Gasteiger partial charge < -0.3 is 14.4 Å². The number of nitrogens with zero attached hydrogens (tertiary/aromatic N) is 1. The number of thiophene rings is 1. The minimum Gasteiger partial charge on any atom is -0.497 e. The van der Waals surface area contributed by atoms with Gasteiger partial charge in [-0.1, -0.05) is 29.0 Å². The van der Waals surface area contributed by atoms with Crippen LogP contribution in [0.1, 0.15) is 0 Å². The molecule has 0 amide bonds. The summed E-state index contributed by atoms with van der Waals surface area (Å²) in [5, 5.41) is 0.544. The van der Waals surface area contributed by atoms with Crippen LogP contribution in [0.5, 0.6) is 16.6 Å². The van der Waals surface area contributed by atoms with Crippen molar-refractivity contribution in [3.63, 3.8) is 0 Å². The molecule has 0 saturated carbocycles. The lowest BCUT2D eigenvalue weighted by Crippen LogP contribution is -2.11. The SMILES string of the molecule is COc1ccc(NS(=O)(=O)c2cc(Cl)c(Oc3cccc(N(C)C)c3)s2)cc1. The molecule has 0 radical (unpaired) electrons. The highest BCUT2D eigenvalue weighted by atomic mass is 35.5. The Labute approximate surface area is 173 Å². The minimum atomic E-state index is -3.79. The fourth-order valence-electron chi connectivity index (χ4n) is 2.33. The summed E-state index contributed by atoms with van der Waals surface area (Å²) in [5.74, 6) is 1.21. The zero-order valence-electron chi connectivity index (χ0n) is 15.5. The summed E-state index contributed by atoms with van der Waals surface area (Å²) in [7, 11) is 1.60. The molecule has 0 spiro atoms. The number of nitrogens with one attached hydrogen (secondary N) is 1. The van der Waals surface area contributed by atoms with E-state index in [1.165, 1.54) is 6.07 Å². The summed E-state index contributed by atoms with van der Waals surface area (Å²) < 4.78 is 38.8. The second kappa shape index (κ2) is 8.30. The van der Waals surface area contributed by atoms with Crippen LogP contribution in [0.25, 0.3) is 0 Å². The highest BCUT2D eigenvalue weighted by Crippen LogP contribution is 2.40. The van der Waals surface area contributed by atoms with Crippen LogP contribution in [0.2, 0.25) is 5.02 Å². The molecule has 6 nitrogen and oxygen atoms in total. The quantitative estimate of drug-likeness (QED) is 0.557. The Morgan fingerprint density at radius 1 is 1.04 bits per heavy atom. The maximum atomic E-state index is 12.7. The highest BCUT2D eigenvalue weighted by molar-refractivity contribution is 7.94. The number of halogens is 1. The predicted molar refractivity (Wildman–Crippen MR) is 114 cm³/mol. The molecule has 148 valence electrons. The van der Waals surface area contributed by atoms with Crippen molar-refractivity contribution in [1.29, 1.82) is 0 Å². The molecule has 1 aromatic heterocycles. The van der Waals surface area contributed by atoms with Gasteiger partial charge in [-0.2, -0.15) is 0 Å². The zero-order valence-corrected chi connectivity index (χ0v) is 17.9. The molecule has 0 bridgehead atoms. The summed E-state index contributed by atoms with van der Waals surface area (Å²) in [4.78, 5) is 1.94. The maximum absolute atomic E-state index is 12.7. The van der Waals surface area contributed by atoms with Gasteiger partial charge in [-0.3, -0.25) is 4.72 Å². The standard InChI is InChI=1S/C19H19ClN2O4S2/c1-22(2)14-5-4-6-16(11-14)26-19-17(20)12-18(27-19)28(23,24)21-13-7-9-15(25-3)10-8-13/h4-12,21H,1-3H3. The Kier molecular flexibility index (Phi) is 6.02. The third-order valence-electron chi connectivity index (χ3n) is 3.78. The molecule has 0 saturated heterocycles. The van der Waals surface area contributed by atoms with Crippen LogP contribution >= 0.6 is 22.9 Å². The Morgan fingerprint density at radius 3 is 2.39 bits per heavy atom. The molecule has 3 aromatic rings. The first-order valence-electron chi connectivity index (χ1n) is 8.20. The van der Waals surface area contributed by atoms with Gasteiger partial charge in [-0.05, 0) is 42.5 Å². The van der Waals surface area contributed by atoms with E-state index in [0.29, 0.717) is 22.2 Å². The first-order valence-corrected chi connectivity index (χ1v) is 10.9. The van der Waals surface area contributed by atoms with Gasteiger partial charge in [-0.25, -0.2) is 8.42 Å². The maximum Gasteiger partial charge on any atom is 0.271 e. The molecule has 1 N–H and O–H groups in total. The average Bonchev–Trinajstić information content (AvgIpc) is 3.04. The summed E-state index contributed by atoms with van der Waals surface area (Å²) in [6.45, 7) is 0. The summed E-state index contributed by atoms with van der Waals surface area (Å²) in [6.07, 6.45) is 0. The number of hydrogen-bond acceptors (Lipinski definition) is 6. The van der Waals surface area contributed by atoms with Crippen LogP contribution in [0.4, 0.5) is 11.4 Å². The molecule has 2 aromatic carbocycles. The molecule has 0 aliphatic carbocycles. The Balaban J connectivity index is 1.81. The van der Waals surface area contributed by atoms with E-state index in [2.05, 4.69) is 4.72 Å². The molecule has 28 heavy (non-hydrogen) atoms. The lowest BCUT2D eigenvalue weighted by Gasteiger charge is -2.13. The van der Waals surface area contributed by atoms with Crippen molar-refractivity contribution in [3.8, 4) is 16.6 Å². The molecule has 0 atom stereocenters. The molecule has 0 aliphatic heterocycles. The number of ether oxygens (including phenoxy) is 2. The Bertz CT molecular complexity index is 1060. The Morgan fingerprint density at radius 2 is 1.75 bits per heavy atom. The topological polar surface area (TPSA) is 67.9 Å². The van der Waals surface area contributed by atoms with Crippen molar-refractivity contribution in [2.75, 3.05) is 30.8 Å².